The van der Waals surface area contributed by atoms with Crippen molar-refractivity contribution in [1.82, 2.24) is 0 Å². The zero-order chi connectivity index (χ0) is 36.1. The van der Waals surface area contributed by atoms with E-state index in [4.69, 9.17) is 9.47 Å². The monoisotopic (exact) mass is 693 g/mol. The number of rotatable bonds is 31. The van der Waals surface area contributed by atoms with Gasteiger partial charge < -0.3 is 24.8 Å². The highest BCUT2D eigenvalue weighted by molar-refractivity contribution is 5.84. The fourth-order valence-corrected chi connectivity index (χ4v) is 6.43. The first-order valence-corrected chi connectivity index (χ1v) is 19.9. The predicted molar refractivity (Wildman–Crippen MR) is 197 cm³/mol. The lowest BCUT2D eigenvalue weighted by Gasteiger charge is -2.16. The first-order chi connectivity index (χ1) is 23.7. The molecule has 1 aliphatic carbocycles. The number of Topliss-reactive ketones (excluding diaryl/α,β-unsaturated/α-hetero) is 1. The lowest BCUT2D eigenvalue weighted by Crippen LogP contribution is -2.28. The third-order valence-electron chi connectivity index (χ3n) is 9.54. The third kappa shape index (κ3) is 23.9. The molecule has 0 saturated heterocycles. The number of hydrogen-bond acceptors (Lipinski definition) is 8. The molecule has 0 aromatic carbocycles. The lowest BCUT2D eigenvalue weighted by molar-refractivity contribution is -0.161. The van der Waals surface area contributed by atoms with E-state index in [2.05, 4.69) is 20.8 Å². The summed E-state index contributed by atoms with van der Waals surface area (Å²) in [5, 5.41) is 30.1. The molecule has 1 aliphatic rings. The number of hydrogen-bond donors (Lipinski definition) is 3. The largest absolute Gasteiger partial charge is 0.462 e. The lowest BCUT2D eigenvalue weighted by atomic mass is 9.90. The fourth-order valence-electron chi connectivity index (χ4n) is 6.43. The topological polar surface area (TPSA) is 130 Å². The van der Waals surface area contributed by atoms with Crippen molar-refractivity contribution in [3.05, 3.63) is 24.3 Å². The third-order valence-corrected chi connectivity index (χ3v) is 9.54. The van der Waals surface area contributed by atoms with Crippen molar-refractivity contribution in [2.24, 2.45) is 17.8 Å². The van der Waals surface area contributed by atoms with Gasteiger partial charge in [0.25, 0.3) is 0 Å². The van der Waals surface area contributed by atoms with Crippen LogP contribution in [0.3, 0.4) is 0 Å². The van der Waals surface area contributed by atoms with Gasteiger partial charge in [0.05, 0.1) is 18.8 Å². The molecule has 1 fully saturated rings. The summed E-state index contributed by atoms with van der Waals surface area (Å²) in [6.45, 7) is 6.14. The van der Waals surface area contributed by atoms with Gasteiger partial charge in [-0.2, -0.15) is 0 Å². The second-order valence-electron chi connectivity index (χ2n) is 14.6. The van der Waals surface area contributed by atoms with Crippen molar-refractivity contribution in [1.29, 1.82) is 0 Å². The second kappa shape index (κ2) is 29.7. The molecule has 1 saturated carbocycles. The average molecular weight is 693 g/mol. The number of aliphatic hydroxyl groups is 3. The first kappa shape index (κ1) is 45.0. The minimum Gasteiger partial charge on any atom is -0.462 e. The van der Waals surface area contributed by atoms with Crippen LogP contribution in [-0.2, 0) is 23.9 Å². The Hall–Kier alpha value is -2.03. The van der Waals surface area contributed by atoms with Crippen LogP contribution >= 0.6 is 0 Å². The maximum absolute atomic E-state index is 12.4. The molecule has 0 aromatic heterocycles. The zero-order valence-corrected chi connectivity index (χ0v) is 31.3. The number of ether oxygens (including phenoxy) is 2. The van der Waals surface area contributed by atoms with Crippen molar-refractivity contribution in [2.75, 3.05) is 13.2 Å². The molecule has 0 bridgehead atoms. The van der Waals surface area contributed by atoms with E-state index < -0.39 is 30.9 Å². The number of unbranched alkanes of at least 4 members (excludes halogenated alkanes) is 14. The summed E-state index contributed by atoms with van der Waals surface area (Å²) < 4.78 is 10.5. The van der Waals surface area contributed by atoms with E-state index in [9.17, 15) is 29.7 Å². The van der Waals surface area contributed by atoms with Gasteiger partial charge in [0, 0.05) is 31.1 Å². The Bertz CT molecular complexity index is 913. The summed E-state index contributed by atoms with van der Waals surface area (Å²) >= 11 is 0. The van der Waals surface area contributed by atoms with Gasteiger partial charge in [-0.3, -0.25) is 14.4 Å². The van der Waals surface area contributed by atoms with Gasteiger partial charge in [0.2, 0.25) is 0 Å². The Morgan fingerprint density at radius 2 is 1.41 bits per heavy atom. The number of aliphatic hydroxyl groups excluding tert-OH is 3. The molecule has 0 aliphatic heterocycles. The summed E-state index contributed by atoms with van der Waals surface area (Å²) in [5.41, 5.74) is 0. The van der Waals surface area contributed by atoms with Crippen molar-refractivity contribution in [3.8, 4) is 0 Å². The van der Waals surface area contributed by atoms with E-state index in [1.807, 2.05) is 12.2 Å². The maximum Gasteiger partial charge on any atom is 0.306 e. The molecule has 49 heavy (non-hydrogen) atoms. The minimum atomic E-state index is -0.856. The van der Waals surface area contributed by atoms with E-state index in [-0.39, 0.29) is 43.0 Å². The summed E-state index contributed by atoms with van der Waals surface area (Å²) in [7, 11) is 0. The molecule has 8 nitrogen and oxygen atoms in total. The van der Waals surface area contributed by atoms with Gasteiger partial charge in [0.15, 0.2) is 6.10 Å². The summed E-state index contributed by atoms with van der Waals surface area (Å²) in [4.78, 5) is 36.8. The first-order valence-electron chi connectivity index (χ1n) is 19.9. The normalized spacial score (nSPS) is 19.3. The minimum absolute atomic E-state index is 0.0318. The van der Waals surface area contributed by atoms with Gasteiger partial charge in [-0.1, -0.05) is 141 Å². The molecule has 1 rings (SSSR count). The van der Waals surface area contributed by atoms with E-state index in [0.717, 1.165) is 44.4 Å². The van der Waals surface area contributed by atoms with Crippen molar-refractivity contribution < 1.29 is 39.2 Å². The summed E-state index contributed by atoms with van der Waals surface area (Å²) in [5.74, 6) is -0.547. The molecule has 0 radical (unpaired) electrons. The number of esters is 2. The van der Waals surface area contributed by atoms with Crippen LogP contribution in [0.4, 0.5) is 0 Å². The van der Waals surface area contributed by atoms with E-state index >= 15 is 0 Å². The average Bonchev–Trinajstić information content (AvgIpc) is 3.34. The highest BCUT2D eigenvalue weighted by Gasteiger charge is 2.39. The SMILES string of the molecule is CCCCC[C@H](O)/C=C/[C@H]1[C@H](O)CC(=O)[C@@H]1C/C=C\CCCC(=O)OC[C@H](CO)OC(=O)CCCCCCCCCCCCCCC(C)C. The van der Waals surface area contributed by atoms with E-state index in [1.54, 1.807) is 12.2 Å². The van der Waals surface area contributed by atoms with Crippen LogP contribution in [0, 0.1) is 17.8 Å². The Morgan fingerprint density at radius 1 is 0.816 bits per heavy atom. The molecule has 284 valence electrons. The van der Waals surface area contributed by atoms with Crippen LogP contribution in [0.2, 0.25) is 0 Å². The molecule has 0 aromatic rings. The van der Waals surface area contributed by atoms with Crippen LogP contribution in [-0.4, -0.2) is 64.6 Å². The van der Waals surface area contributed by atoms with Crippen molar-refractivity contribution in [2.45, 2.75) is 187 Å². The molecule has 0 unspecified atom stereocenters. The number of carbonyl (C=O) groups excluding carboxylic acids is 3. The second-order valence-corrected chi connectivity index (χ2v) is 14.6. The van der Waals surface area contributed by atoms with E-state index in [1.165, 1.54) is 64.2 Å². The standard InChI is InChI=1S/C41H72O8/c1-4-5-18-24-34(43)28-29-37-36(38(44)30-39(37)45)25-20-16-17-21-26-40(46)48-32-35(31-42)49-41(47)27-22-15-13-11-9-7-6-8-10-12-14-19-23-33(2)3/h16,20,28-29,33-37,39,42-43,45H,4-15,17-19,21-27,30-32H2,1-3H3/b20-16-,29-28+/t34-,35-,36+,37+,39+/m0/s1. The summed E-state index contributed by atoms with van der Waals surface area (Å²) in [6, 6.07) is 0. The van der Waals surface area contributed by atoms with Crippen LogP contribution < -0.4 is 0 Å². The molecular formula is C41H72O8. The van der Waals surface area contributed by atoms with Gasteiger partial charge in [-0.05, 0) is 38.0 Å². The van der Waals surface area contributed by atoms with Crippen LogP contribution in [0.15, 0.2) is 24.3 Å². The quantitative estimate of drug-likeness (QED) is 0.0374. The van der Waals surface area contributed by atoms with Gasteiger partial charge in [-0.15, -0.1) is 0 Å². The highest BCUT2D eigenvalue weighted by Crippen LogP contribution is 2.33. The van der Waals surface area contributed by atoms with E-state index in [0.29, 0.717) is 32.1 Å². The number of ketones is 1. The molecule has 5 atom stereocenters. The van der Waals surface area contributed by atoms with Gasteiger partial charge in [0.1, 0.15) is 12.4 Å². The van der Waals surface area contributed by atoms with Crippen LogP contribution in [0.5, 0.6) is 0 Å². The molecular weight excluding hydrogens is 620 g/mol. The van der Waals surface area contributed by atoms with Gasteiger partial charge >= 0.3 is 11.9 Å². The Balaban J connectivity index is 2.11. The predicted octanol–water partition coefficient (Wildman–Crippen LogP) is 8.73. The summed E-state index contributed by atoms with van der Waals surface area (Å²) in [6.07, 6.45) is 27.4. The maximum atomic E-state index is 12.4. The van der Waals surface area contributed by atoms with Gasteiger partial charge in [-0.25, -0.2) is 0 Å². The zero-order valence-electron chi connectivity index (χ0n) is 31.3. The molecule has 8 heteroatoms. The Morgan fingerprint density at radius 3 is 2.02 bits per heavy atom. The highest BCUT2D eigenvalue weighted by atomic mass is 16.6. The molecule has 0 heterocycles. The fraction of sp³-hybridized carbons (Fsp3) is 0.829. The number of carbonyl (C=O) groups is 3. The molecule has 0 spiro atoms. The molecule has 3 N–H and O–H groups in total. The van der Waals surface area contributed by atoms with Crippen LogP contribution in [0.25, 0.3) is 0 Å². The Labute approximate surface area is 298 Å². The van der Waals surface area contributed by atoms with Crippen molar-refractivity contribution >= 4 is 17.7 Å². The Kier molecular flexibility index (Phi) is 27.2. The van der Waals surface area contributed by atoms with Crippen LogP contribution in [0.1, 0.15) is 168 Å². The smallest absolute Gasteiger partial charge is 0.306 e. The number of allylic oxidation sites excluding steroid dienone is 2. The molecule has 0 amide bonds. The van der Waals surface area contributed by atoms with Crippen molar-refractivity contribution in [3.63, 3.8) is 0 Å².